The minimum atomic E-state index is 0.358. The summed E-state index contributed by atoms with van der Waals surface area (Å²) in [6.07, 6.45) is 7.65. The van der Waals surface area contributed by atoms with Crippen LogP contribution in [0.2, 0.25) is 0 Å². The molecule has 0 bridgehead atoms. The molecule has 2 N–H and O–H groups in total. The minimum absolute atomic E-state index is 0.358. The lowest BCUT2D eigenvalue weighted by Gasteiger charge is -2.26. The molecule has 1 aliphatic rings. The molecule has 0 spiro atoms. The zero-order valence-corrected chi connectivity index (χ0v) is 10.1. The maximum Gasteiger partial charge on any atom is 0.0948 e. The van der Waals surface area contributed by atoms with Crippen LogP contribution < -0.4 is 5.73 Å². The summed E-state index contributed by atoms with van der Waals surface area (Å²) in [6, 6.07) is 0.358. The number of likely N-dealkylation sites (tertiary alicyclic amines) is 1. The number of aryl methyl sites for hydroxylation is 1. The van der Waals surface area contributed by atoms with Crippen LogP contribution in [0.25, 0.3) is 0 Å². The molecule has 1 aliphatic heterocycles. The van der Waals surface area contributed by atoms with Gasteiger partial charge in [-0.1, -0.05) is 6.92 Å². The third-order valence-electron chi connectivity index (χ3n) is 3.36. The zero-order chi connectivity index (χ0) is 11.4. The van der Waals surface area contributed by atoms with Gasteiger partial charge in [-0.2, -0.15) is 0 Å². The van der Waals surface area contributed by atoms with Gasteiger partial charge in [0, 0.05) is 19.3 Å². The van der Waals surface area contributed by atoms with Crippen molar-refractivity contribution in [3.05, 3.63) is 18.2 Å². The van der Waals surface area contributed by atoms with Crippen LogP contribution in [0.5, 0.6) is 0 Å². The summed E-state index contributed by atoms with van der Waals surface area (Å²) in [6.45, 7) is 6.28. The Morgan fingerprint density at radius 3 is 2.81 bits per heavy atom. The Labute approximate surface area is 97.4 Å². The number of nitrogens with two attached hydrogens (primary N) is 1. The SMILES string of the molecule is CCCn1cncc1C(CN)N1CCCC1. The first-order valence-electron chi connectivity index (χ1n) is 6.31. The van der Waals surface area contributed by atoms with Crippen LogP contribution in [0.1, 0.15) is 37.9 Å². The molecule has 1 saturated heterocycles. The number of hydrogen-bond acceptors (Lipinski definition) is 3. The first-order chi connectivity index (χ1) is 7.86. The van der Waals surface area contributed by atoms with Gasteiger partial charge < -0.3 is 10.3 Å². The van der Waals surface area contributed by atoms with E-state index >= 15 is 0 Å². The van der Waals surface area contributed by atoms with Crippen molar-refractivity contribution in [1.29, 1.82) is 0 Å². The van der Waals surface area contributed by atoms with Gasteiger partial charge in [0.15, 0.2) is 0 Å². The summed E-state index contributed by atoms with van der Waals surface area (Å²) in [4.78, 5) is 6.75. The summed E-state index contributed by atoms with van der Waals surface area (Å²) < 4.78 is 2.25. The second-order valence-corrected chi connectivity index (χ2v) is 4.51. The van der Waals surface area contributed by atoms with Gasteiger partial charge in [-0.25, -0.2) is 4.98 Å². The molecule has 0 amide bonds. The van der Waals surface area contributed by atoms with Crippen LogP contribution in [0.4, 0.5) is 0 Å². The van der Waals surface area contributed by atoms with Crippen molar-refractivity contribution in [2.24, 2.45) is 5.73 Å². The van der Waals surface area contributed by atoms with Crippen LogP contribution >= 0.6 is 0 Å². The second-order valence-electron chi connectivity index (χ2n) is 4.51. The maximum absolute atomic E-state index is 5.93. The third-order valence-corrected chi connectivity index (χ3v) is 3.36. The smallest absolute Gasteiger partial charge is 0.0948 e. The quantitative estimate of drug-likeness (QED) is 0.819. The molecule has 1 unspecified atom stereocenters. The van der Waals surface area contributed by atoms with Crippen molar-refractivity contribution in [2.45, 2.75) is 38.8 Å². The Bertz CT molecular complexity index is 315. The minimum Gasteiger partial charge on any atom is -0.333 e. The molecule has 4 heteroatoms. The van der Waals surface area contributed by atoms with Crippen LogP contribution in [-0.4, -0.2) is 34.1 Å². The van der Waals surface area contributed by atoms with Gasteiger partial charge >= 0.3 is 0 Å². The molecule has 1 atom stereocenters. The van der Waals surface area contributed by atoms with E-state index in [2.05, 4.69) is 21.4 Å². The summed E-state index contributed by atoms with van der Waals surface area (Å²) >= 11 is 0. The van der Waals surface area contributed by atoms with E-state index in [0.717, 1.165) is 13.0 Å². The summed E-state index contributed by atoms with van der Waals surface area (Å²) in [7, 11) is 0. The molecule has 2 heterocycles. The molecule has 1 aromatic heterocycles. The number of hydrogen-bond donors (Lipinski definition) is 1. The number of rotatable bonds is 5. The fourth-order valence-electron chi connectivity index (χ4n) is 2.55. The van der Waals surface area contributed by atoms with Gasteiger partial charge in [0.2, 0.25) is 0 Å². The second kappa shape index (κ2) is 5.46. The van der Waals surface area contributed by atoms with Gasteiger partial charge in [0.1, 0.15) is 0 Å². The van der Waals surface area contributed by atoms with E-state index in [1.54, 1.807) is 0 Å². The lowest BCUT2D eigenvalue weighted by atomic mass is 10.2. The van der Waals surface area contributed by atoms with Crippen molar-refractivity contribution >= 4 is 0 Å². The van der Waals surface area contributed by atoms with Gasteiger partial charge in [0.25, 0.3) is 0 Å². The standard InChI is InChI=1S/C12H22N4/c1-2-5-16-10-14-9-12(16)11(8-13)15-6-3-4-7-15/h9-11H,2-8,13H2,1H3. The summed E-state index contributed by atoms with van der Waals surface area (Å²) in [5, 5.41) is 0. The highest BCUT2D eigenvalue weighted by Gasteiger charge is 2.24. The van der Waals surface area contributed by atoms with Crippen molar-refractivity contribution in [1.82, 2.24) is 14.5 Å². The Hall–Kier alpha value is -0.870. The highest BCUT2D eigenvalue weighted by Crippen LogP contribution is 2.24. The van der Waals surface area contributed by atoms with Crippen molar-refractivity contribution in [2.75, 3.05) is 19.6 Å². The van der Waals surface area contributed by atoms with Crippen LogP contribution in [0, 0.1) is 0 Å². The number of nitrogens with zero attached hydrogens (tertiary/aromatic N) is 3. The highest BCUT2D eigenvalue weighted by atomic mass is 15.2. The van der Waals surface area contributed by atoms with E-state index in [9.17, 15) is 0 Å². The fourth-order valence-corrected chi connectivity index (χ4v) is 2.55. The molecule has 0 aromatic carbocycles. The predicted octanol–water partition coefficient (Wildman–Crippen LogP) is 1.39. The molecule has 4 nitrogen and oxygen atoms in total. The number of aromatic nitrogens is 2. The molecule has 0 radical (unpaired) electrons. The fraction of sp³-hybridized carbons (Fsp3) is 0.750. The van der Waals surface area contributed by atoms with E-state index in [-0.39, 0.29) is 0 Å². The molecular weight excluding hydrogens is 200 g/mol. The van der Waals surface area contributed by atoms with E-state index in [0.29, 0.717) is 12.6 Å². The monoisotopic (exact) mass is 222 g/mol. The van der Waals surface area contributed by atoms with E-state index in [1.807, 2.05) is 12.5 Å². The summed E-state index contributed by atoms with van der Waals surface area (Å²) in [5.41, 5.74) is 7.21. The largest absolute Gasteiger partial charge is 0.333 e. The summed E-state index contributed by atoms with van der Waals surface area (Å²) in [5.74, 6) is 0. The van der Waals surface area contributed by atoms with Crippen molar-refractivity contribution in [3.63, 3.8) is 0 Å². The average Bonchev–Trinajstić information content (AvgIpc) is 2.92. The van der Waals surface area contributed by atoms with Crippen LogP contribution in [-0.2, 0) is 6.54 Å². The van der Waals surface area contributed by atoms with E-state index < -0.39 is 0 Å². The highest BCUT2D eigenvalue weighted by molar-refractivity contribution is 5.07. The first-order valence-corrected chi connectivity index (χ1v) is 6.31. The molecule has 90 valence electrons. The maximum atomic E-state index is 5.93. The first kappa shape index (κ1) is 11.6. The van der Waals surface area contributed by atoms with Crippen molar-refractivity contribution < 1.29 is 0 Å². The number of imidazole rings is 1. The lowest BCUT2D eigenvalue weighted by Crippen LogP contribution is -2.32. The molecule has 0 aliphatic carbocycles. The molecular formula is C12H22N4. The van der Waals surface area contributed by atoms with Crippen LogP contribution in [0.3, 0.4) is 0 Å². The Balaban J connectivity index is 2.15. The van der Waals surface area contributed by atoms with E-state index in [1.165, 1.54) is 31.6 Å². The average molecular weight is 222 g/mol. The molecule has 16 heavy (non-hydrogen) atoms. The Morgan fingerprint density at radius 2 is 2.19 bits per heavy atom. The lowest BCUT2D eigenvalue weighted by molar-refractivity contribution is 0.241. The normalized spacial score (nSPS) is 19.1. The molecule has 1 fully saturated rings. The molecule has 0 saturated carbocycles. The van der Waals surface area contributed by atoms with E-state index in [4.69, 9.17) is 5.73 Å². The topological polar surface area (TPSA) is 47.1 Å². The zero-order valence-electron chi connectivity index (χ0n) is 10.1. The Morgan fingerprint density at radius 1 is 1.44 bits per heavy atom. The molecule has 2 rings (SSSR count). The predicted molar refractivity (Wildman–Crippen MR) is 65.1 cm³/mol. The third kappa shape index (κ3) is 2.28. The van der Waals surface area contributed by atoms with Gasteiger partial charge in [0.05, 0.1) is 18.1 Å². The van der Waals surface area contributed by atoms with Gasteiger partial charge in [-0.15, -0.1) is 0 Å². The Kier molecular flexibility index (Phi) is 3.96. The van der Waals surface area contributed by atoms with Gasteiger partial charge in [-0.05, 0) is 32.4 Å². The van der Waals surface area contributed by atoms with Crippen LogP contribution in [0.15, 0.2) is 12.5 Å². The van der Waals surface area contributed by atoms with Gasteiger partial charge in [-0.3, -0.25) is 4.90 Å². The molecule has 1 aromatic rings. The van der Waals surface area contributed by atoms with Crippen molar-refractivity contribution in [3.8, 4) is 0 Å².